The Hall–Kier alpha value is -3.34. The van der Waals surface area contributed by atoms with Gasteiger partial charge in [-0.05, 0) is 56.3 Å². The zero-order valence-corrected chi connectivity index (χ0v) is 19.6. The number of carbonyl (C=O) groups is 2. The number of rotatable bonds is 6. The maximum atomic E-state index is 13.1. The molecule has 178 valence electrons. The summed E-state index contributed by atoms with van der Waals surface area (Å²) in [6.45, 7) is 3.55. The van der Waals surface area contributed by atoms with Crippen molar-refractivity contribution in [1.29, 1.82) is 0 Å². The zero-order chi connectivity index (χ0) is 24.3. The Morgan fingerprint density at radius 2 is 1.82 bits per heavy atom. The second kappa shape index (κ2) is 9.88. The van der Waals surface area contributed by atoms with Gasteiger partial charge in [0.15, 0.2) is 6.61 Å². The third-order valence-corrected chi connectivity index (χ3v) is 7.18. The summed E-state index contributed by atoms with van der Waals surface area (Å²) >= 11 is 0. The third-order valence-electron chi connectivity index (χ3n) is 5.35. The number of nitrogens with one attached hydrogen (secondary N) is 1. The fourth-order valence-electron chi connectivity index (χ4n) is 3.87. The van der Waals surface area contributed by atoms with Gasteiger partial charge >= 0.3 is 5.97 Å². The van der Waals surface area contributed by atoms with Crippen LogP contribution in [-0.4, -0.2) is 61.5 Å². The van der Waals surface area contributed by atoms with Crippen molar-refractivity contribution < 1.29 is 27.5 Å². The number of aromatic nitrogens is 1. The summed E-state index contributed by atoms with van der Waals surface area (Å²) in [6, 6.07) is 14.5. The highest BCUT2D eigenvalue weighted by Gasteiger charge is 2.32. The lowest BCUT2D eigenvalue weighted by atomic mass is 10.2. The van der Waals surface area contributed by atoms with Crippen LogP contribution >= 0.6 is 0 Å². The molecule has 9 nitrogen and oxygen atoms in total. The van der Waals surface area contributed by atoms with Crippen molar-refractivity contribution in [1.82, 2.24) is 9.29 Å². The number of sulfonamides is 1. The van der Waals surface area contributed by atoms with Crippen molar-refractivity contribution >= 4 is 38.5 Å². The monoisotopic (exact) mass is 483 g/mol. The molecule has 1 amide bonds. The number of anilines is 1. The van der Waals surface area contributed by atoms with Crippen LogP contribution in [0.1, 0.15) is 24.2 Å². The Labute approximate surface area is 197 Å². The Kier molecular flexibility index (Phi) is 6.92. The van der Waals surface area contributed by atoms with Crippen molar-refractivity contribution in [2.75, 3.05) is 25.0 Å². The fourth-order valence-corrected chi connectivity index (χ4v) is 5.51. The maximum absolute atomic E-state index is 13.1. The van der Waals surface area contributed by atoms with Crippen molar-refractivity contribution in [3.63, 3.8) is 0 Å². The van der Waals surface area contributed by atoms with E-state index in [0.29, 0.717) is 5.69 Å². The average Bonchev–Trinajstić information content (AvgIpc) is 2.82. The predicted molar refractivity (Wildman–Crippen MR) is 126 cm³/mol. The second-order valence-corrected chi connectivity index (χ2v) is 10.0. The first-order chi connectivity index (χ1) is 16.2. The number of morpholine rings is 1. The van der Waals surface area contributed by atoms with Crippen LogP contribution in [0.15, 0.2) is 65.7 Å². The van der Waals surface area contributed by atoms with E-state index in [9.17, 15) is 18.0 Å². The molecule has 0 radical (unpaired) electrons. The number of hydrogen-bond acceptors (Lipinski definition) is 7. The van der Waals surface area contributed by atoms with Gasteiger partial charge in [-0.2, -0.15) is 4.31 Å². The van der Waals surface area contributed by atoms with Crippen molar-refractivity contribution in [3.05, 3.63) is 66.4 Å². The molecule has 2 aromatic carbocycles. The molecule has 34 heavy (non-hydrogen) atoms. The molecule has 1 aliphatic rings. The number of fused-ring (bicyclic) bond motifs is 1. The Morgan fingerprint density at radius 3 is 2.59 bits per heavy atom. The first-order valence-electron chi connectivity index (χ1n) is 10.8. The number of carbonyl (C=O) groups excluding carboxylic acids is 2. The van der Waals surface area contributed by atoms with Gasteiger partial charge in [0.2, 0.25) is 10.0 Å². The van der Waals surface area contributed by atoms with E-state index in [1.54, 1.807) is 24.4 Å². The van der Waals surface area contributed by atoms with Gasteiger partial charge in [-0.3, -0.25) is 9.78 Å². The summed E-state index contributed by atoms with van der Waals surface area (Å²) in [7, 11) is -3.82. The van der Waals surface area contributed by atoms with Crippen LogP contribution in [0.25, 0.3) is 10.9 Å². The molecular formula is C24H25N3O6S. The molecule has 1 aliphatic heterocycles. The summed E-state index contributed by atoms with van der Waals surface area (Å²) in [5.41, 5.74) is 1.31. The Morgan fingerprint density at radius 1 is 1.09 bits per heavy atom. The quantitative estimate of drug-likeness (QED) is 0.536. The standard InChI is InChI=1S/C24H25N3O6S/c1-16-13-27(14-17(2)33-16)34(30,31)19-7-3-6-18(12-19)24(29)32-15-23(28)26-22-10-4-9-21-20(22)8-5-11-25-21/h3-12,16-17H,13-15H2,1-2H3,(H,26,28). The van der Waals surface area contributed by atoms with Crippen LogP contribution in [0.3, 0.4) is 0 Å². The largest absolute Gasteiger partial charge is 0.452 e. The highest BCUT2D eigenvalue weighted by atomic mass is 32.2. The van der Waals surface area contributed by atoms with Gasteiger partial charge in [-0.1, -0.05) is 12.1 Å². The lowest BCUT2D eigenvalue weighted by Crippen LogP contribution is -2.48. The molecule has 1 saturated heterocycles. The highest BCUT2D eigenvalue weighted by molar-refractivity contribution is 7.89. The number of ether oxygens (including phenoxy) is 2. The van der Waals surface area contributed by atoms with Crippen LogP contribution in [0.5, 0.6) is 0 Å². The van der Waals surface area contributed by atoms with Gasteiger partial charge in [-0.15, -0.1) is 0 Å². The van der Waals surface area contributed by atoms with E-state index < -0.39 is 28.5 Å². The number of esters is 1. The van der Waals surface area contributed by atoms with Crippen molar-refractivity contribution in [2.45, 2.75) is 31.0 Å². The van der Waals surface area contributed by atoms with Crippen LogP contribution in [-0.2, 0) is 24.3 Å². The van der Waals surface area contributed by atoms with Gasteiger partial charge in [0.25, 0.3) is 5.91 Å². The zero-order valence-electron chi connectivity index (χ0n) is 18.8. The second-order valence-electron chi connectivity index (χ2n) is 8.11. The minimum absolute atomic E-state index is 0.0176. The maximum Gasteiger partial charge on any atom is 0.338 e. The summed E-state index contributed by atoms with van der Waals surface area (Å²) in [5, 5.41) is 3.47. The number of amides is 1. The van der Waals surface area contributed by atoms with E-state index in [1.165, 1.54) is 28.6 Å². The minimum atomic E-state index is -3.82. The molecule has 0 saturated carbocycles. The minimum Gasteiger partial charge on any atom is -0.452 e. The summed E-state index contributed by atoms with van der Waals surface area (Å²) in [5.74, 6) is -1.32. The topological polar surface area (TPSA) is 115 Å². The van der Waals surface area contributed by atoms with Crippen molar-refractivity contribution in [3.8, 4) is 0 Å². The molecule has 1 N–H and O–H groups in total. The van der Waals surface area contributed by atoms with Crippen LogP contribution < -0.4 is 5.32 Å². The number of nitrogens with zero attached hydrogens (tertiary/aromatic N) is 2. The smallest absolute Gasteiger partial charge is 0.338 e. The summed E-state index contributed by atoms with van der Waals surface area (Å²) < 4.78 is 38.2. The van der Waals surface area contributed by atoms with Gasteiger partial charge in [0.05, 0.1) is 33.9 Å². The molecule has 3 aromatic rings. The van der Waals surface area contributed by atoms with E-state index in [1.807, 2.05) is 26.0 Å². The van der Waals surface area contributed by atoms with Crippen molar-refractivity contribution in [2.24, 2.45) is 0 Å². The predicted octanol–water partition coefficient (Wildman–Crippen LogP) is 2.83. The first kappa shape index (κ1) is 23.8. The highest BCUT2D eigenvalue weighted by Crippen LogP contribution is 2.23. The molecule has 2 unspecified atom stereocenters. The van der Waals surface area contributed by atoms with E-state index in [0.717, 1.165) is 10.9 Å². The first-order valence-corrected chi connectivity index (χ1v) is 12.2. The van der Waals surface area contributed by atoms with Crippen LogP contribution in [0.4, 0.5) is 5.69 Å². The molecule has 2 heterocycles. The molecule has 1 fully saturated rings. The van der Waals surface area contributed by atoms with Crippen LogP contribution in [0, 0.1) is 0 Å². The molecule has 1 aromatic heterocycles. The number of pyridine rings is 1. The average molecular weight is 484 g/mol. The van der Waals surface area contributed by atoms with E-state index in [-0.39, 0.29) is 35.8 Å². The third kappa shape index (κ3) is 5.24. The molecule has 10 heteroatoms. The summed E-state index contributed by atoms with van der Waals surface area (Å²) in [4.78, 5) is 29.1. The fraction of sp³-hybridized carbons (Fsp3) is 0.292. The Balaban J connectivity index is 1.42. The number of hydrogen-bond donors (Lipinski definition) is 1. The molecule has 2 atom stereocenters. The van der Waals surface area contributed by atoms with E-state index >= 15 is 0 Å². The Bertz CT molecular complexity index is 1310. The molecule has 0 spiro atoms. The normalized spacial score (nSPS) is 19.0. The van der Waals surface area contributed by atoms with Gasteiger partial charge in [0.1, 0.15) is 0 Å². The SMILES string of the molecule is CC1CN(S(=O)(=O)c2cccc(C(=O)OCC(=O)Nc3cccc4ncccc34)c2)CC(C)O1. The van der Waals surface area contributed by atoms with Gasteiger partial charge < -0.3 is 14.8 Å². The lowest BCUT2D eigenvalue weighted by Gasteiger charge is -2.34. The number of benzene rings is 2. The molecular weight excluding hydrogens is 458 g/mol. The van der Waals surface area contributed by atoms with E-state index in [2.05, 4.69) is 10.3 Å². The van der Waals surface area contributed by atoms with Gasteiger partial charge in [0, 0.05) is 24.7 Å². The van der Waals surface area contributed by atoms with E-state index in [4.69, 9.17) is 9.47 Å². The van der Waals surface area contributed by atoms with Gasteiger partial charge in [-0.25, -0.2) is 13.2 Å². The molecule has 0 bridgehead atoms. The molecule has 4 rings (SSSR count). The molecule has 0 aliphatic carbocycles. The van der Waals surface area contributed by atoms with Crippen LogP contribution in [0.2, 0.25) is 0 Å². The summed E-state index contributed by atoms with van der Waals surface area (Å²) in [6.07, 6.45) is 1.19. The lowest BCUT2D eigenvalue weighted by molar-refractivity contribution is -0.119.